The van der Waals surface area contributed by atoms with Crippen LogP contribution in [0.15, 0.2) is 58.5 Å². The van der Waals surface area contributed by atoms with Gasteiger partial charge in [0.15, 0.2) is 5.16 Å². The van der Waals surface area contributed by atoms with E-state index in [0.717, 1.165) is 5.56 Å². The van der Waals surface area contributed by atoms with E-state index in [1.807, 2.05) is 6.07 Å². The number of ether oxygens (including phenoxy) is 2. The van der Waals surface area contributed by atoms with Crippen LogP contribution in [0.5, 0.6) is 0 Å². The van der Waals surface area contributed by atoms with Gasteiger partial charge in [-0.2, -0.15) is 0 Å². The molecule has 1 heterocycles. The van der Waals surface area contributed by atoms with Gasteiger partial charge in [-0.3, -0.25) is 14.2 Å². The maximum Gasteiger partial charge on any atom is 0.337 e. The number of nitrogens with zero attached hydrogens (tertiary/aromatic N) is 2. The fourth-order valence-corrected chi connectivity index (χ4v) is 3.59. The Kier molecular flexibility index (Phi) is 6.10. The van der Waals surface area contributed by atoms with Crippen LogP contribution in [0.25, 0.3) is 10.9 Å². The van der Waals surface area contributed by atoms with Crippen molar-refractivity contribution in [2.75, 3.05) is 14.2 Å². The minimum absolute atomic E-state index is 0.225. The number of para-hydroxylation sites is 1. The van der Waals surface area contributed by atoms with Gasteiger partial charge in [0.1, 0.15) is 6.54 Å². The summed E-state index contributed by atoms with van der Waals surface area (Å²) in [6, 6.07) is 14.0. The monoisotopic (exact) mass is 398 g/mol. The Bertz CT molecular complexity index is 1090. The number of hydrogen-bond donors (Lipinski definition) is 0. The molecule has 2 aromatic carbocycles. The lowest BCUT2D eigenvalue weighted by molar-refractivity contribution is -0.141. The molecule has 0 radical (unpaired) electrons. The van der Waals surface area contributed by atoms with E-state index in [0.29, 0.717) is 27.4 Å². The lowest BCUT2D eigenvalue weighted by Crippen LogP contribution is -2.27. The van der Waals surface area contributed by atoms with Crippen molar-refractivity contribution in [3.8, 4) is 0 Å². The van der Waals surface area contributed by atoms with Crippen molar-refractivity contribution in [1.29, 1.82) is 0 Å². The van der Waals surface area contributed by atoms with Gasteiger partial charge in [-0.05, 0) is 29.8 Å². The topological polar surface area (TPSA) is 87.5 Å². The van der Waals surface area contributed by atoms with E-state index in [2.05, 4.69) is 4.98 Å². The number of carbonyl (C=O) groups excluding carboxylic acids is 2. The Morgan fingerprint density at radius 3 is 2.61 bits per heavy atom. The zero-order chi connectivity index (χ0) is 20.1. The van der Waals surface area contributed by atoms with Crippen LogP contribution in [0.2, 0.25) is 0 Å². The molecule has 3 rings (SSSR count). The van der Waals surface area contributed by atoms with E-state index >= 15 is 0 Å². The third kappa shape index (κ3) is 4.23. The standard InChI is InChI=1S/C20H18N2O5S/c1-26-17(23)11-22-18(24)15-8-3-4-9-16(15)21-20(22)28-12-13-6-5-7-14(10-13)19(25)27-2/h3-10H,11-12H2,1-2H3. The summed E-state index contributed by atoms with van der Waals surface area (Å²) in [5, 5.41) is 0.834. The molecule has 1 aromatic heterocycles. The van der Waals surface area contributed by atoms with E-state index in [9.17, 15) is 14.4 Å². The molecule has 0 spiro atoms. The highest BCUT2D eigenvalue weighted by atomic mass is 32.2. The van der Waals surface area contributed by atoms with Gasteiger partial charge in [-0.25, -0.2) is 9.78 Å². The van der Waals surface area contributed by atoms with Crippen LogP contribution in [0.3, 0.4) is 0 Å². The van der Waals surface area contributed by atoms with Gasteiger partial charge in [0.2, 0.25) is 0 Å². The van der Waals surface area contributed by atoms with Crippen LogP contribution in [0, 0.1) is 0 Å². The molecule has 8 heteroatoms. The Labute approximate surface area is 165 Å². The van der Waals surface area contributed by atoms with Crippen molar-refractivity contribution >= 4 is 34.6 Å². The largest absolute Gasteiger partial charge is 0.468 e. The molecule has 28 heavy (non-hydrogen) atoms. The summed E-state index contributed by atoms with van der Waals surface area (Å²) < 4.78 is 10.8. The molecule has 0 saturated heterocycles. The number of benzene rings is 2. The van der Waals surface area contributed by atoms with Crippen LogP contribution in [0.4, 0.5) is 0 Å². The first-order chi connectivity index (χ1) is 13.5. The average molecular weight is 398 g/mol. The normalized spacial score (nSPS) is 10.6. The number of aromatic nitrogens is 2. The number of hydrogen-bond acceptors (Lipinski definition) is 7. The van der Waals surface area contributed by atoms with Crippen molar-refractivity contribution in [2.45, 2.75) is 17.5 Å². The maximum absolute atomic E-state index is 12.8. The van der Waals surface area contributed by atoms with Crippen molar-refractivity contribution in [3.63, 3.8) is 0 Å². The number of fused-ring (bicyclic) bond motifs is 1. The number of methoxy groups -OCH3 is 2. The van der Waals surface area contributed by atoms with Gasteiger partial charge in [0.25, 0.3) is 5.56 Å². The quantitative estimate of drug-likeness (QED) is 0.358. The van der Waals surface area contributed by atoms with Crippen LogP contribution in [-0.2, 0) is 26.6 Å². The summed E-state index contributed by atoms with van der Waals surface area (Å²) in [7, 11) is 2.60. The fraction of sp³-hybridized carbons (Fsp3) is 0.200. The third-order valence-electron chi connectivity index (χ3n) is 4.06. The Morgan fingerprint density at radius 1 is 1.07 bits per heavy atom. The summed E-state index contributed by atoms with van der Waals surface area (Å²) in [6.07, 6.45) is 0. The van der Waals surface area contributed by atoms with Gasteiger partial charge in [0, 0.05) is 5.75 Å². The Balaban J connectivity index is 1.95. The molecule has 0 bridgehead atoms. The second-order valence-corrected chi connectivity index (χ2v) is 6.80. The maximum atomic E-state index is 12.8. The molecule has 7 nitrogen and oxygen atoms in total. The van der Waals surface area contributed by atoms with Gasteiger partial charge in [-0.15, -0.1) is 0 Å². The molecule has 3 aromatic rings. The Hall–Kier alpha value is -3.13. The van der Waals surface area contributed by atoms with Crippen molar-refractivity contribution in [2.24, 2.45) is 0 Å². The van der Waals surface area contributed by atoms with E-state index in [4.69, 9.17) is 9.47 Å². The smallest absolute Gasteiger partial charge is 0.337 e. The lowest BCUT2D eigenvalue weighted by Gasteiger charge is -2.12. The highest BCUT2D eigenvalue weighted by molar-refractivity contribution is 7.98. The predicted octanol–water partition coefficient (Wildman–Crippen LogP) is 2.65. The second kappa shape index (κ2) is 8.71. The summed E-state index contributed by atoms with van der Waals surface area (Å²) in [6.45, 7) is -0.225. The van der Waals surface area contributed by atoms with Gasteiger partial charge < -0.3 is 9.47 Å². The average Bonchev–Trinajstić information content (AvgIpc) is 2.74. The van der Waals surface area contributed by atoms with E-state index in [1.165, 1.54) is 30.5 Å². The molecule has 0 aliphatic heterocycles. The summed E-state index contributed by atoms with van der Waals surface area (Å²) in [5.74, 6) is -0.497. The molecule has 0 unspecified atom stereocenters. The van der Waals surface area contributed by atoms with Gasteiger partial charge >= 0.3 is 11.9 Å². The highest BCUT2D eigenvalue weighted by Crippen LogP contribution is 2.23. The number of carbonyl (C=O) groups is 2. The number of thioether (sulfide) groups is 1. The van der Waals surface area contributed by atoms with Crippen molar-refractivity contribution < 1.29 is 19.1 Å². The van der Waals surface area contributed by atoms with Crippen LogP contribution in [0.1, 0.15) is 15.9 Å². The Morgan fingerprint density at radius 2 is 1.86 bits per heavy atom. The first kappa shape index (κ1) is 19.6. The van der Waals surface area contributed by atoms with E-state index in [-0.39, 0.29) is 12.1 Å². The zero-order valence-corrected chi connectivity index (χ0v) is 16.2. The lowest BCUT2D eigenvalue weighted by atomic mass is 10.1. The molecule has 0 fully saturated rings. The van der Waals surface area contributed by atoms with Crippen LogP contribution in [-0.4, -0.2) is 35.7 Å². The zero-order valence-electron chi connectivity index (χ0n) is 15.4. The van der Waals surface area contributed by atoms with E-state index < -0.39 is 11.9 Å². The molecule has 144 valence electrons. The SMILES string of the molecule is COC(=O)Cn1c(SCc2cccc(C(=O)OC)c2)nc2ccccc2c1=O. The molecule has 0 aliphatic carbocycles. The molecule has 0 aliphatic rings. The molecular weight excluding hydrogens is 380 g/mol. The first-order valence-corrected chi connectivity index (χ1v) is 9.38. The van der Waals surface area contributed by atoms with Crippen LogP contribution < -0.4 is 5.56 Å². The van der Waals surface area contributed by atoms with Crippen molar-refractivity contribution in [3.05, 3.63) is 70.0 Å². The number of rotatable bonds is 6. The molecule has 0 atom stereocenters. The minimum Gasteiger partial charge on any atom is -0.468 e. The molecular formula is C20H18N2O5S. The van der Waals surface area contributed by atoms with Crippen LogP contribution >= 0.6 is 11.8 Å². The second-order valence-electron chi connectivity index (χ2n) is 5.86. The molecule has 0 N–H and O–H groups in total. The fourth-order valence-electron chi connectivity index (χ4n) is 2.64. The number of esters is 2. The minimum atomic E-state index is -0.534. The summed E-state index contributed by atoms with van der Waals surface area (Å²) >= 11 is 1.30. The first-order valence-electron chi connectivity index (χ1n) is 8.40. The molecule has 0 saturated carbocycles. The summed E-state index contributed by atoms with van der Waals surface area (Å²) in [5.41, 5.74) is 1.56. The predicted molar refractivity (Wildman–Crippen MR) is 105 cm³/mol. The highest BCUT2D eigenvalue weighted by Gasteiger charge is 2.15. The van der Waals surface area contributed by atoms with Gasteiger partial charge in [0.05, 0.1) is 30.7 Å². The van der Waals surface area contributed by atoms with E-state index in [1.54, 1.807) is 42.5 Å². The third-order valence-corrected chi connectivity index (χ3v) is 5.11. The summed E-state index contributed by atoms with van der Waals surface area (Å²) in [4.78, 5) is 40.9. The molecule has 0 amide bonds. The van der Waals surface area contributed by atoms with Gasteiger partial charge in [-0.1, -0.05) is 36.0 Å². The van der Waals surface area contributed by atoms with Crippen molar-refractivity contribution in [1.82, 2.24) is 9.55 Å².